The fourth-order valence-corrected chi connectivity index (χ4v) is 4.09. The molecule has 0 saturated heterocycles. The fraction of sp³-hybridized carbons (Fsp3) is 0.318. The Morgan fingerprint density at radius 1 is 1.11 bits per heavy atom. The van der Waals surface area contributed by atoms with Gasteiger partial charge in [-0.05, 0) is 42.7 Å². The molecular weight excluding hydrogens is 354 g/mol. The van der Waals surface area contributed by atoms with Crippen LogP contribution in [0.1, 0.15) is 39.1 Å². The van der Waals surface area contributed by atoms with Gasteiger partial charge in [0.15, 0.2) is 17.4 Å². The van der Waals surface area contributed by atoms with Crippen molar-refractivity contribution in [3.63, 3.8) is 0 Å². The Morgan fingerprint density at radius 3 is 2.89 bits per heavy atom. The van der Waals surface area contributed by atoms with E-state index in [-0.39, 0.29) is 11.7 Å². The molecule has 1 aromatic carbocycles. The van der Waals surface area contributed by atoms with Crippen LogP contribution in [0.3, 0.4) is 0 Å². The van der Waals surface area contributed by atoms with E-state index in [0.29, 0.717) is 43.2 Å². The normalized spacial score (nSPS) is 17.9. The van der Waals surface area contributed by atoms with Gasteiger partial charge in [-0.15, -0.1) is 0 Å². The highest BCUT2D eigenvalue weighted by Crippen LogP contribution is 2.37. The molecule has 1 amide bonds. The van der Waals surface area contributed by atoms with E-state index < -0.39 is 0 Å². The number of carbonyl (C=O) groups is 2. The monoisotopic (exact) mass is 375 g/mol. The number of ketones is 1. The molecule has 142 valence electrons. The predicted octanol–water partition coefficient (Wildman–Crippen LogP) is 3.14. The third-order valence-corrected chi connectivity index (χ3v) is 5.58. The molecule has 0 bridgehead atoms. The summed E-state index contributed by atoms with van der Waals surface area (Å²) in [5, 5.41) is 0. The van der Waals surface area contributed by atoms with Crippen molar-refractivity contribution >= 4 is 23.2 Å². The molecule has 0 saturated carbocycles. The Morgan fingerprint density at radius 2 is 2.04 bits per heavy atom. The molecule has 3 heterocycles. The molecule has 0 atom stereocenters. The van der Waals surface area contributed by atoms with Crippen LogP contribution < -0.4 is 9.64 Å². The average molecular weight is 375 g/mol. The number of hydrogen-bond acceptors (Lipinski definition) is 5. The molecule has 0 radical (unpaired) electrons. The minimum Gasteiger partial charge on any atom is -0.488 e. The molecule has 5 rings (SSSR count). The van der Waals surface area contributed by atoms with Gasteiger partial charge in [-0.25, -0.2) is 4.98 Å². The first-order valence-electron chi connectivity index (χ1n) is 9.71. The smallest absolute Gasteiger partial charge is 0.255 e. The van der Waals surface area contributed by atoms with Gasteiger partial charge in [0.05, 0.1) is 12.1 Å². The van der Waals surface area contributed by atoms with Crippen molar-refractivity contribution < 1.29 is 14.3 Å². The average Bonchev–Trinajstić information content (AvgIpc) is 3.13. The quantitative estimate of drug-likeness (QED) is 0.755. The summed E-state index contributed by atoms with van der Waals surface area (Å²) in [5.41, 5.74) is 3.49. The lowest BCUT2D eigenvalue weighted by atomic mass is 10.1. The topological polar surface area (TPSA) is 62.7 Å². The molecule has 2 aromatic rings. The number of ether oxygens (including phenoxy) is 1. The fourth-order valence-electron chi connectivity index (χ4n) is 4.09. The number of benzene rings is 1. The first-order valence-corrected chi connectivity index (χ1v) is 9.71. The largest absolute Gasteiger partial charge is 0.488 e. The number of Topliss-reactive ketones (excluding diaryl/α,β-unsaturated/α-hetero) is 1. The lowest BCUT2D eigenvalue weighted by molar-refractivity contribution is 0.0770. The number of aryl methyl sites for hydroxylation is 1. The molecule has 3 aliphatic rings. The van der Waals surface area contributed by atoms with E-state index in [1.807, 2.05) is 23.1 Å². The van der Waals surface area contributed by atoms with Gasteiger partial charge < -0.3 is 14.5 Å². The highest BCUT2D eigenvalue weighted by molar-refractivity contribution is 6.01. The zero-order valence-corrected chi connectivity index (χ0v) is 15.6. The number of pyridine rings is 1. The Hall–Kier alpha value is -3.15. The van der Waals surface area contributed by atoms with Gasteiger partial charge in [-0.1, -0.05) is 12.2 Å². The number of anilines is 2. The molecule has 6 nitrogen and oxygen atoms in total. The van der Waals surface area contributed by atoms with E-state index in [4.69, 9.17) is 4.74 Å². The van der Waals surface area contributed by atoms with Crippen LogP contribution in [0.5, 0.6) is 5.75 Å². The van der Waals surface area contributed by atoms with Gasteiger partial charge in [-0.3, -0.25) is 9.59 Å². The maximum absolute atomic E-state index is 12.7. The summed E-state index contributed by atoms with van der Waals surface area (Å²) in [5.74, 6) is 1.54. The third-order valence-electron chi connectivity index (χ3n) is 5.58. The van der Waals surface area contributed by atoms with Crippen molar-refractivity contribution in [3.05, 3.63) is 59.3 Å². The van der Waals surface area contributed by atoms with Gasteiger partial charge in [0.2, 0.25) is 0 Å². The summed E-state index contributed by atoms with van der Waals surface area (Å²) in [6.45, 7) is 2.57. The minimum atomic E-state index is -0.0172. The molecule has 1 aliphatic carbocycles. The summed E-state index contributed by atoms with van der Waals surface area (Å²) in [4.78, 5) is 33.1. The molecule has 2 aliphatic heterocycles. The Kier molecular flexibility index (Phi) is 4.11. The lowest BCUT2D eigenvalue weighted by Gasteiger charge is -2.31. The highest BCUT2D eigenvalue weighted by Gasteiger charge is 2.26. The van der Waals surface area contributed by atoms with E-state index in [0.717, 1.165) is 36.2 Å². The number of nitrogens with zero attached hydrogens (tertiary/aromatic N) is 3. The molecule has 6 heteroatoms. The number of rotatable bonds is 2. The van der Waals surface area contributed by atoms with Crippen molar-refractivity contribution in [2.45, 2.75) is 19.3 Å². The molecule has 0 fully saturated rings. The molecular formula is C22H21N3O3. The number of hydrogen-bond donors (Lipinski definition) is 0. The van der Waals surface area contributed by atoms with Crippen LogP contribution in [-0.4, -0.2) is 47.8 Å². The third kappa shape index (κ3) is 2.85. The van der Waals surface area contributed by atoms with Gasteiger partial charge in [0.1, 0.15) is 6.61 Å². The molecule has 1 aromatic heterocycles. The highest BCUT2D eigenvalue weighted by atomic mass is 16.5. The summed E-state index contributed by atoms with van der Waals surface area (Å²) in [6, 6.07) is 7.76. The summed E-state index contributed by atoms with van der Waals surface area (Å²) >= 11 is 0. The molecule has 0 N–H and O–H groups in total. The van der Waals surface area contributed by atoms with Crippen molar-refractivity contribution in [1.29, 1.82) is 0 Å². The first kappa shape index (κ1) is 17.0. The number of fused-ring (bicyclic) bond motifs is 2. The zero-order chi connectivity index (χ0) is 19.1. The van der Waals surface area contributed by atoms with E-state index in [9.17, 15) is 9.59 Å². The van der Waals surface area contributed by atoms with Gasteiger partial charge in [0, 0.05) is 37.0 Å². The van der Waals surface area contributed by atoms with Crippen molar-refractivity contribution in [3.8, 4) is 5.75 Å². The van der Waals surface area contributed by atoms with Gasteiger partial charge >= 0.3 is 0 Å². The maximum atomic E-state index is 12.7. The summed E-state index contributed by atoms with van der Waals surface area (Å²) in [7, 11) is 0. The molecule has 0 spiro atoms. The van der Waals surface area contributed by atoms with Gasteiger partial charge in [0.25, 0.3) is 5.91 Å². The van der Waals surface area contributed by atoms with Crippen LogP contribution in [0.25, 0.3) is 0 Å². The minimum absolute atomic E-state index is 0.0172. The van der Waals surface area contributed by atoms with Crippen LogP contribution in [0.15, 0.2) is 42.6 Å². The van der Waals surface area contributed by atoms with E-state index >= 15 is 0 Å². The second-order valence-electron chi connectivity index (χ2n) is 7.32. The second kappa shape index (κ2) is 6.78. The number of amides is 1. The zero-order valence-electron chi connectivity index (χ0n) is 15.6. The van der Waals surface area contributed by atoms with Crippen molar-refractivity contribution in [1.82, 2.24) is 9.88 Å². The number of aromatic nitrogens is 1. The van der Waals surface area contributed by atoms with Gasteiger partial charge in [-0.2, -0.15) is 0 Å². The Bertz CT molecular complexity index is 999. The predicted molar refractivity (Wildman–Crippen MR) is 105 cm³/mol. The Labute approximate surface area is 163 Å². The molecule has 0 unspecified atom stereocenters. The van der Waals surface area contributed by atoms with Crippen LogP contribution in [0.4, 0.5) is 11.5 Å². The van der Waals surface area contributed by atoms with E-state index in [1.165, 1.54) is 0 Å². The SMILES string of the molecule is O=C1CCc2cc(N3CCOc4cc(C(=O)N5CC=CCC5)cnc43)ccc21. The summed E-state index contributed by atoms with van der Waals surface area (Å²) in [6.07, 6.45) is 8.02. The molecule has 28 heavy (non-hydrogen) atoms. The van der Waals surface area contributed by atoms with E-state index in [1.54, 1.807) is 12.3 Å². The van der Waals surface area contributed by atoms with Crippen LogP contribution >= 0.6 is 0 Å². The summed E-state index contributed by atoms with van der Waals surface area (Å²) < 4.78 is 5.82. The van der Waals surface area contributed by atoms with Crippen molar-refractivity contribution in [2.75, 3.05) is 31.1 Å². The lowest BCUT2D eigenvalue weighted by Crippen LogP contribution is -2.34. The first-order chi connectivity index (χ1) is 13.7. The second-order valence-corrected chi connectivity index (χ2v) is 7.32. The maximum Gasteiger partial charge on any atom is 0.255 e. The van der Waals surface area contributed by atoms with Crippen LogP contribution in [-0.2, 0) is 6.42 Å². The Balaban J connectivity index is 1.45. The van der Waals surface area contributed by atoms with Crippen LogP contribution in [0.2, 0.25) is 0 Å². The number of carbonyl (C=O) groups excluding carboxylic acids is 2. The van der Waals surface area contributed by atoms with E-state index in [2.05, 4.69) is 22.0 Å². The standard InChI is InChI=1S/C22H21N3O3/c26-19-7-4-15-12-17(5-6-18(15)19)25-10-11-28-20-13-16(14-23-21(20)25)22(27)24-8-2-1-3-9-24/h1-2,5-6,12-14H,3-4,7-11H2. The van der Waals surface area contributed by atoms with Crippen LogP contribution in [0, 0.1) is 0 Å². The van der Waals surface area contributed by atoms with Crippen molar-refractivity contribution in [2.24, 2.45) is 0 Å².